The fraction of sp³-hybridized carbons (Fsp3) is 0.481. The Labute approximate surface area is 230 Å². The maximum Gasteiger partial charge on any atom is 0.287 e. The van der Waals surface area contributed by atoms with Gasteiger partial charge in [0.2, 0.25) is 5.91 Å². The number of hydrogen-bond donors (Lipinski definition) is 2. The molecule has 1 aliphatic heterocycles. The van der Waals surface area contributed by atoms with Crippen LogP contribution in [0, 0.1) is 11.3 Å². The first-order chi connectivity index (χ1) is 18.7. The number of carbonyl (C=O) groups is 2. The Balaban J connectivity index is 1.20. The van der Waals surface area contributed by atoms with Gasteiger partial charge in [-0.05, 0) is 37.8 Å². The van der Waals surface area contributed by atoms with Crippen LogP contribution >= 0.6 is 11.3 Å². The van der Waals surface area contributed by atoms with Crippen molar-refractivity contribution >= 4 is 49.1 Å². The summed E-state index contributed by atoms with van der Waals surface area (Å²) in [6.07, 6.45) is 4.93. The quantitative estimate of drug-likeness (QED) is 0.461. The number of nitrogens with zero attached hydrogens (tertiary/aromatic N) is 3. The molecule has 0 radical (unpaired) electrons. The summed E-state index contributed by atoms with van der Waals surface area (Å²) in [5, 5.41) is 18.7. The number of nitriles is 1. The van der Waals surface area contributed by atoms with Gasteiger partial charge in [0, 0.05) is 29.4 Å². The summed E-state index contributed by atoms with van der Waals surface area (Å²) in [6.45, 7) is 0.865. The van der Waals surface area contributed by atoms with Crippen LogP contribution < -0.4 is 15.5 Å². The number of fused-ring (bicyclic) bond motifs is 1. The van der Waals surface area contributed by atoms with Crippen molar-refractivity contribution in [2.24, 2.45) is 0 Å². The molecule has 12 heteroatoms. The largest absolute Gasteiger partial charge is 0.451 e. The minimum absolute atomic E-state index is 0.120. The van der Waals surface area contributed by atoms with Gasteiger partial charge in [-0.2, -0.15) is 5.26 Å². The van der Waals surface area contributed by atoms with E-state index in [1.54, 1.807) is 6.07 Å². The van der Waals surface area contributed by atoms with Crippen LogP contribution in [-0.2, 0) is 14.6 Å². The Morgan fingerprint density at radius 1 is 1.05 bits per heavy atom. The van der Waals surface area contributed by atoms with E-state index in [0.29, 0.717) is 44.4 Å². The first-order valence-electron chi connectivity index (χ1n) is 13.2. The average Bonchev–Trinajstić information content (AvgIpc) is 3.32. The van der Waals surface area contributed by atoms with E-state index in [0.717, 1.165) is 41.0 Å². The molecule has 2 aromatic heterocycles. The Bertz CT molecular complexity index is 1580. The van der Waals surface area contributed by atoms with E-state index in [4.69, 9.17) is 9.40 Å². The summed E-state index contributed by atoms with van der Waals surface area (Å²) in [5.41, 5.74) is 0.238. The zero-order valence-corrected chi connectivity index (χ0v) is 23.0. The summed E-state index contributed by atoms with van der Waals surface area (Å²) in [5.74, 6) is -0.364. The average molecular weight is 568 g/mol. The van der Waals surface area contributed by atoms with Gasteiger partial charge in [-0.25, -0.2) is 13.4 Å². The molecule has 2 aliphatic carbocycles. The zero-order chi connectivity index (χ0) is 27.3. The number of nitrogens with one attached hydrogen (secondary N) is 2. The second-order valence-corrected chi connectivity index (χ2v) is 13.9. The first-order valence-corrected chi connectivity index (χ1v) is 15.9. The van der Waals surface area contributed by atoms with Crippen molar-refractivity contribution in [3.63, 3.8) is 0 Å². The third-order valence-corrected chi connectivity index (χ3v) is 10.5. The van der Waals surface area contributed by atoms with E-state index in [1.807, 2.05) is 28.5 Å². The molecule has 2 amide bonds. The Morgan fingerprint density at radius 3 is 2.49 bits per heavy atom. The number of aromatic nitrogens is 1. The second kappa shape index (κ2) is 9.64. The van der Waals surface area contributed by atoms with Gasteiger partial charge >= 0.3 is 0 Å². The summed E-state index contributed by atoms with van der Waals surface area (Å²) in [4.78, 5) is 33.3. The fourth-order valence-electron chi connectivity index (χ4n) is 5.32. The van der Waals surface area contributed by atoms with E-state index in [1.165, 1.54) is 11.3 Å². The zero-order valence-electron chi connectivity index (χ0n) is 21.4. The maximum atomic E-state index is 13.3. The normalized spacial score (nSPS) is 21.2. The molecule has 204 valence electrons. The van der Waals surface area contributed by atoms with Crippen LogP contribution in [0.4, 0.5) is 5.13 Å². The van der Waals surface area contributed by atoms with Crippen molar-refractivity contribution < 1.29 is 22.4 Å². The topological polar surface area (TPSA) is 145 Å². The van der Waals surface area contributed by atoms with Crippen LogP contribution in [0.25, 0.3) is 22.2 Å². The first kappa shape index (κ1) is 25.8. The van der Waals surface area contributed by atoms with Crippen molar-refractivity contribution in [3.8, 4) is 17.3 Å². The van der Waals surface area contributed by atoms with Crippen LogP contribution in [0.15, 0.2) is 34.1 Å². The van der Waals surface area contributed by atoms with Crippen LogP contribution in [0.2, 0.25) is 0 Å². The lowest BCUT2D eigenvalue weighted by Gasteiger charge is -2.37. The van der Waals surface area contributed by atoms with Gasteiger partial charge in [0.15, 0.2) is 20.7 Å². The van der Waals surface area contributed by atoms with E-state index in [-0.39, 0.29) is 23.2 Å². The van der Waals surface area contributed by atoms with E-state index >= 15 is 0 Å². The fourth-order valence-corrected chi connectivity index (χ4v) is 7.41. The van der Waals surface area contributed by atoms with Gasteiger partial charge in [0.1, 0.15) is 16.7 Å². The van der Waals surface area contributed by atoms with Gasteiger partial charge in [0.05, 0.1) is 23.3 Å². The lowest BCUT2D eigenvalue weighted by atomic mass is 9.80. The van der Waals surface area contributed by atoms with Gasteiger partial charge in [-0.15, -0.1) is 11.3 Å². The smallest absolute Gasteiger partial charge is 0.287 e. The number of rotatable bonds is 6. The molecule has 3 aliphatic rings. The van der Waals surface area contributed by atoms with Crippen molar-refractivity contribution in [3.05, 3.63) is 35.4 Å². The number of furan rings is 1. The Kier molecular flexibility index (Phi) is 6.38. The molecule has 3 fully saturated rings. The predicted octanol–water partition coefficient (Wildman–Crippen LogP) is 3.40. The lowest BCUT2D eigenvalue weighted by molar-refractivity contribution is -0.129. The Hall–Kier alpha value is -3.43. The summed E-state index contributed by atoms with van der Waals surface area (Å²) in [6, 6.07) is 9.46. The third kappa shape index (κ3) is 5.13. The molecule has 3 aromatic rings. The number of carbonyl (C=O) groups excluding carboxylic acids is 2. The highest BCUT2D eigenvalue weighted by Crippen LogP contribution is 2.37. The molecule has 0 bridgehead atoms. The molecule has 0 unspecified atom stereocenters. The molecule has 2 N–H and O–H groups in total. The monoisotopic (exact) mass is 567 g/mol. The van der Waals surface area contributed by atoms with Crippen molar-refractivity contribution in [2.45, 2.75) is 56.0 Å². The van der Waals surface area contributed by atoms with E-state index in [2.05, 4.69) is 16.7 Å². The number of amides is 2. The predicted molar refractivity (Wildman–Crippen MR) is 147 cm³/mol. The summed E-state index contributed by atoms with van der Waals surface area (Å²) < 4.78 is 29.4. The highest BCUT2D eigenvalue weighted by atomic mass is 32.2. The lowest BCUT2D eigenvalue weighted by Crippen LogP contribution is -2.61. The molecule has 0 spiro atoms. The molecule has 0 atom stereocenters. The van der Waals surface area contributed by atoms with Gasteiger partial charge in [-0.3, -0.25) is 9.59 Å². The van der Waals surface area contributed by atoms with Gasteiger partial charge in [-0.1, -0.05) is 31.4 Å². The minimum Gasteiger partial charge on any atom is -0.451 e. The molecular formula is C27H29N5O5S2. The maximum absolute atomic E-state index is 13.3. The highest BCUT2D eigenvalue weighted by Gasteiger charge is 2.50. The van der Waals surface area contributed by atoms with Crippen molar-refractivity contribution in [1.82, 2.24) is 15.6 Å². The van der Waals surface area contributed by atoms with Crippen molar-refractivity contribution in [2.75, 3.05) is 29.5 Å². The Morgan fingerprint density at radius 2 is 1.79 bits per heavy atom. The van der Waals surface area contributed by atoms with Crippen LogP contribution in [0.5, 0.6) is 0 Å². The molecule has 1 saturated heterocycles. The molecule has 39 heavy (non-hydrogen) atoms. The van der Waals surface area contributed by atoms with E-state index in [9.17, 15) is 23.3 Å². The number of hydrogen-bond acceptors (Lipinski definition) is 9. The standard InChI is InChI=1S/C27H29N5O5S2/c28-17-26(8-9-26)31-24(34)27(6-2-1-3-7-27)30-23(33)22-15-19-5-4-18(14-21(19)37-22)20-16-38-25(29-20)32-10-12-39(35,36)13-11-32/h4-5,14-16H,1-3,6-13H2,(H,30,33)(H,31,34). The number of sulfone groups is 1. The highest BCUT2D eigenvalue weighted by molar-refractivity contribution is 7.91. The molecule has 10 nitrogen and oxygen atoms in total. The summed E-state index contributed by atoms with van der Waals surface area (Å²) >= 11 is 1.47. The number of benzene rings is 1. The molecule has 2 saturated carbocycles. The van der Waals surface area contributed by atoms with Gasteiger partial charge < -0.3 is 20.0 Å². The SMILES string of the molecule is N#CC1(NC(=O)C2(NC(=O)c3cc4ccc(-c5csc(N6CCS(=O)(=O)CC6)n5)cc4o3)CCCCC2)CC1. The summed E-state index contributed by atoms with van der Waals surface area (Å²) in [7, 11) is -2.97. The van der Waals surface area contributed by atoms with Crippen LogP contribution in [-0.4, -0.2) is 60.9 Å². The minimum atomic E-state index is -2.97. The van der Waals surface area contributed by atoms with Crippen molar-refractivity contribution in [1.29, 1.82) is 5.26 Å². The van der Waals surface area contributed by atoms with Crippen LogP contribution in [0.1, 0.15) is 55.5 Å². The van der Waals surface area contributed by atoms with E-state index < -0.39 is 26.8 Å². The number of thiazole rings is 1. The second-order valence-electron chi connectivity index (χ2n) is 10.8. The number of anilines is 1. The molecule has 6 rings (SSSR count). The third-order valence-electron chi connectivity index (χ3n) is 7.96. The molecule has 3 heterocycles. The van der Waals surface area contributed by atoms with Crippen LogP contribution in [0.3, 0.4) is 0 Å². The molecule has 1 aromatic carbocycles. The molecular weight excluding hydrogens is 538 g/mol. The van der Waals surface area contributed by atoms with Gasteiger partial charge in [0.25, 0.3) is 5.91 Å².